The number of rotatable bonds is 7. The van der Waals surface area contributed by atoms with Crippen molar-refractivity contribution in [3.63, 3.8) is 0 Å². The summed E-state index contributed by atoms with van der Waals surface area (Å²) in [4.78, 5) is 8.83. The Kier molecular flexibility index (Phi) is 5.23. The molecule has 1 unspecified atom stereocenters. The molecule has 1 N–H and O–H groups in total. The van der Waals surface area contributed by atoms with Gasteiger partial charge in [0.15, 0.2) is 0 Å². The first-order chi connectivity index (χ1) is 13.3. The van der Waals surface area contributed by atoms with Crippen LogP contribution in [0.2, 0.25) is 0 Å². The molecule has 0 aliphatic rings. The van der Waals surface area contributed by atoms with Gasteiger partial charge in [-0.2, -0.15) is 0 Å². The minimum absolute atomic E-state index is 0.261. The average Bonchev–Trinajstić information content (AvgIpc) is 3.08. The highest BCUT2D eigenvalue weighted by Gasteiger charge is 2.15. The Bertz CT molecular complexity index is 1000. The van der Waals surface area contributed by atoms with Crippen LogP contribution < -0.4 is 0 Å². The van der Waals surface area contributed by atoms with Gasteiger partial charge >= 0.3 is 0 Å². The molecular formula is C22H21N3O2. The topological polar surface area (TPSA) is 60.2 Å². The molecule has 4 aromatic rings. The highest BCUT2D eigenvalue weighted by Crippen LogP contribution is 2.24. The van der Waals surface area contributed by atoms with Gasteiger partial charge in [0.1, 0.15) is 5.82 Å². The maximum atomic E-state index is 10.5. The number of fused-ring (bicyclic) bond motifs is 1. The number of aliphatic hydroxyl groups is 1. The van der Waals surface area contributed by atoms with Gasteiger partial charge in [-0.1, -0.05) is 42.5 Å². The molecule has 0 radical (unpaired) electrons. The number of nitrogens with zero attached hydrogens (tertiary/aromatic N) is 3. The molecule has 0 saturated heterocycles. The summed E-state index contributed by atoms with van der Waals surface area (Å²) >= 11 is 0. The first-order valence-corrected chi connectivity index (χ1v) is 8.96. The minimum atomic E-state index is -0.632. The van der Waals surface area contributed by atoms with Crippen LogP contribution in [-0.4, -0.2) is 32.4 Å². The van der Waals surface area contributed by atoms with E-state index in [0.717, 1.165) is 28.0 Å². The van der Waals surface area contributed by atoms with Gasteiger partial charge in [0, 0.05) is 18.0 Å². The number of aromatic nitrogens is 3. The number of imidazole rings is 1. The maximum absolute atomic E-state index is 10.5. The first kappa shape index (κ1) is 17.4. The smallest absolute Gasteiger partial charge is 0.141 e. The van der Waals surface area contributed by atoms with Crippen molar-refractivity contribution in [3.05, 3.63) is 84.7 Å². The molecule has 0 amide bonds. The lowest BCUT2D eigenvalue weighted by atomic mass is 10.2. The fourth-order valence-electron chi connectivity index (χ4n) is 3.13. The monoisotopic (exact) mass is 359 g/mol. The van der Waals surface area contributed by atoms with Crippen molar-refractivity contribution in [3.8, 4) is 11.4 Å². The zero-order chi connectivity index (χ0) is 18.5. The van der Waals surface area contributed by atoms with Gasteiger partial charge in [-0.15, -0.1) is 0 Å². The van der Waals surface area contributed by atoms with Crippen LogP contribution >= 0.6 is 0 Å². The zero-order valence-corrected chi connectivity index (χ0v) is 14.9. The summed E-state index contributed by atoms with van der Waals surface area (Å²) in [5, 5.41) is 10.5. The highest BCUT2D eigenvalue weighted by atomic mass is 16.5. The van der Waals surface area contributed by atoms with E-state index in [0.29, 0.717) is 13.2 Å². The molecular weight excluding hydrogens is 338 g/mol. The molecule has 136 valence electrons. The van der Waals surface area contributed by atoms with E-state index in [1.165, 1.54) is 0 Å². The molecule has 27 heavy (non-hydrogen) atoms. The quantitative estimate of drug-likeness (QED) is 0.547. The van der Waals surface area contributed by atoms with Crippen LogP contribution in [0.5, 0.6) is 0 Å². The Morgan fingerprint density at radius 1 is 0.926 bits per heavy atom. The zero-order valence-electron chi connectivity index (χ0n) is 14.9. The molecule has 2 aromatic carbocycles. The largest absolute Gasteiger partial charge is 0.389 e. The van der Waals surface area contributed by atoms with E-state index in [4.69, 9.17) is 9.72 Å². The fourth-order valence-corrected chi connectivity index (χ4v) is 3.13. The predicted octanol–water partition coefficient (Wildman–Crippen LogP) is 3.68. The molecule has 5 nitrogen and oxygen atoms in total. The van der Waals surface area contributed by atoms with Crippen LogP contribution in [0.1, 0.15) is 5.56 Å². The van der Waals surface area contributed by atoms with Crippen LogP contribution in [0.3, 0.4) is 0 Å². The van der Waals surface area contributed by atoms with E-state index in [1.54, 1.807) is 12.4 Å². The number of hydrogen-bond acceptors (Lipinski definition) is 4. The number of hydrogen-bond donors (Lipinski definition) is 1. The fraction of sp³-hybridized carbons (Fsp3) is 0.182. The molecule has 0 aliphatic carbocycles. The van der Waals surface area contributed by atoms with Gasteiger partial charge in [0.05, 0.1) is 36.9 Å². The van der Waals surface area contributed by atoms with Gasteiger partial charge < -0.3 is 14.4 Å². The second kappa shape index (κ2) is 8.12. The normalized spacial score (nSPS) is 12.3. The van der Waals surface area contributed by atoms with Crippen LogP contribution in [0.15, 0.2) is 79.1 Å². The van der Waals surface area contributed by atoms with Gasteiger partial charge in [0.25, 0.3) is 0 Å². The second-order valence-electron chi connectivity index (χ2n) is 6.43. The first-order valence-electron chi connectivity index (χ1n) is 8.96. The molecule has 2 aromatic heterocycles. The standard InChI is InChI=1S/C22H21N3O2/c26-19(16-27-15-17-6-2-1-3-7-17)14-25-21-9-5-4-8-20(21)24-22(25)18-10-12-23-13-11-18/h1-13,19,26H,14-16H2. The summed E-state index contributed by atoms with van der Waals surface area (Å²) in [6.45, 7) is 1.16. The third kappa shape index (κ3) is 4.05. The molecule has 0 bridgehead atoms. The lowest BCUT2D eigenvalue weighted by molar-refractivity contribution is 0.0211. The van der Waals surface area contributed by atoms with E-state index < -0.39 is 6.10 Å². The Morgan fingerprint density at radius 3 is 2.48 bits per heavy atom. The van der Waals surface area contributed by atoms with Crippen molar-refractivity contribution in [2.75, 3.05) is 6.61 Å². The SMILES string of the molecule is OC(COCc1ccccc1)Cn1c(-c2ccncc2)nc2ccccc21. The summed E-state index contributed by atoms with van der Waals surface area (Å²) in [6.07, 6.45) is 2.86. The molecule has 1 atom stereocenters. The van der Waals surface area contributed by atoms with Crippen molar-refractivity contribution in [2.45, 2.75) is 19.3 Å². The number of aliphatic hydroxyl groups excluding tert-OH is 1. The molecule has 0 aliphatic heterocycles. The number of para-hydroxylation sites is 2. The Balaban J connectivity index is 1.52. The average molecular weight is 359 g/mol. The van der Waals surface area contributed by atoms with Crippen molar-refractivity contribution >= 4 is 11.0 Å². The molecule has 0 fully saturated rings. The Hall–Kier alpha value is -3.02. The van der Waals surface area contributed by atoms with Gasteiger partial charge in [0.2, 0.25) is 0 Å². The van der Waals surface area contributed by atoms with Crippen molar-refractivity contribution in [2.24, 2.45) is 0 Å². The van der Waals surface area contributed by atoms with E-state index in [2.05, 4.69) is 4.98 Å². The van der Waals surface area contributed by atoms with Crippen molar-refractivity contribution in [1.29, 1.82) is 0 Å². The maximum Gasteiger partial charge on any atom is 0.141 e. The van der Waals surface area contributed by atoms with E-state index >= 15 is 0 Å². The Labute approximate surface area is 157 Å². The van der Waals surface area contributed by atoms with Crippen LogP contribution in [0.25, 0.3) is 22.4 Å². The van der Waals surface area contributed by atoms with Crippen LogP contribution in [0.4, 0.5) is 0 Å². The summed E-state index contributed by atoms with van der Waals surface area (Å²) in [5.74, 6) is 0.820. The van der Waals surface area contributed by atoms with Crippen molar-refractivity contribution in [1.82, 2.24) is 14.5 Å². The van der Waals surface area contributed by atoms with E-state index in [-0.39, 0.29) is 6.61 Å². The Morgan fingerprint density at radius 2 is 1.67 bits per heavy atom. The summed E-state index contributed by atoms with van der Waals surface area (Å²) in [6, 6.07) is 21.8. The third-order valence-electron chi connectivity index (χ3n) is 4.41. The second-order valence-corrected chi connectivity index (χ2v) is 6.43. The van der Waals surface area contributed by atoms with Crippen LogP contribution in [-0.2, 0) is 17.9 Å². The molecule has 2 heterocycles. The summed E-state index contributed by atoms with van der Waals surface area (Å²) in [7, 11) is 0. The molecule has 5 heteroatoms. The van der Waals surface area contributed by atoms with E-state index in [1.807, 2.05) is 71.3 Å². The number of pyridine rings is 1. The lowest BCUT2D eigenvalue weighted by Crippen LogP contribution is -2.22. The number of ether oxygens (including phenoxy) is 1. The van der Waals surface area contributed by atoms with E-state index in [9.17, 15) is 5.11 Å². The van der Waals surface area contributed by atoms with Gasteiger partial charge in [-0.3, -0.25) is 4.98 Å². The lowest BCUT2D eigenvalue weighted by Gasteiger charge is -2.15. The molecule has 0 spiro atoms. The number of benzene rings is 2. The molecule has 4 rings (SSSR count). The van der Waals surface area contributed by atoms with Gasteiger partial charge in [-0.05, 0) is 29.8 Å². The summed E-state index contributed by atoms with van der Waals surface area (Å²) in [5.41, 5.74) is 3.96. The van der Waals surface area contributed by atoms with Crippen LogP contribution in [0, 0.1) is 0 Å². The third-order valence-corrected chi connectivity index (χ3v) is 4.41. The van der Waals surface area contributed by atoms with Crippen molar-refractivity contribution < 1.29 is 9.84 Å². The van der Waals surface area contributed by atoms with Gasteiger partial charge in [-0.25, -0.2) is 4.98 Å². The summed E-state index contributed by atoms with van der Waals surface area (Å²) < 4.78 is 7.74. The predicted molar refractivity (Wildman–Crippen MR) is 105 cm³/mol. The minimum Gasteiger partial charge on any atom is -0.389 e. The highest BCUT2D eigenvalue weighted by molar-refractivity contribution is 5.80. The molecule has 0 saturated carbocycles.